The van der Waals surface area contributed by atoms with Gasteiger partial charge in [0.05, 0.1) is 11.8 Å². The van der Waals surface area contributed by atoms with Crippen molar-refractivity contribution in [2.45, 2.75) is 6.42 Å². The van der Waals surface area contributed by atoms with Crippen molar-refractivity contribution in [3.63, 3.8) is 0 Å². The smallest absolute Gasteiger partial charge is 0.342 e. The second-order valence-corrected chi connectivity index (χ2v) is 1.98. The van der Waals surface area contributed by atoms with Gasteiger partial charge < -0.3 is 15.2 Å². The maximum Gasteiger partial charge on any atom is 0.342 e. The number of rotatable bonds is 3. The van der Waals surface area contributed by atoms with Crippen LogP contribution < -0.4 is 0 Å². The minimum atomic E-state index is -0.562. The van der Waals surface area contributed by atoms with Gasteiger partial charge in [0, 0.05) is 13.0 Å². The van der Waals surface area contributed by atoms with E-state index in [9.17, 15) is 10.1 Å². The second-order valence-electron chi connectivity index (χ2n) is 1.98. The van der Waals surface area contributed by atoms with Crippen LogP contribution in [0.4, 0.5) is 5.82 Å². The van der Waals surface area contributed by atoms with Crippen molar-refractivity contribution >= 4 is 5.82 Å². The third-order valence-corrected chi connectivity index (χ3v) is 1.18. The average Bonchev–Trinajstić information content (AvgIpc) is 2.37. The Bertz CT molecular complexity index is 257. The van der Waals surface area contributed by atoms with Crippen LogP contribution in [0.25, 0.3) is 0 Å². The molecule has 0 spiro atoms. The van der Waals surface area contributed by atoms with Crippen molar-refractivity contribution in [1.29, 1.82) is 0 Å². The summed E-state index contributed by atoms with van der Waals surface area (Å²) in [5, 5.41) is 24.4. The fourth-order valence-corrected chi connectivity index (χ4v) is 0.688. The minimum Gasteiger partial charge on any atom is -0.396 e. The SMILES string of the molecule is O=[N+]([O-])c1cc(CCO)n[nH]1. The van der Waals surface area contributed by atoms with Gasteiger partial charge in [-0.2, -0.15) is 0 Å². The van der Waals surface area contributed by atoms with E-state index in [1.165, 1.54) is 6.07 Å². The maximum absolute atomic E-state index is 10.1. The molecule has 0 atom stereocenters. The average molecular weight is 157 g/mol. The normalized spacial score (nSPS) is 9.91. The largest absolute Gasteiger partial charge is 0.396 e. The molecule has 0 aromatic carbocycles. The maximum atomic E-state index is 10.1. The molecule has 0 aliphatic rings. The van der Waals surface area contributed by atoms with E-state index in [0.717, 1.165) is 0 Å². The van der Waals surface area contributed by atoms with Gasteiger partial charge in [-0.3, -0.25) is 0 Å². The molecule has 0 aliphatic heterocycles. The van der Waals surface area contributed by atoms with E-state index in [4.69, 9.17) is 5.11 Å². The number of H-pyrrole nitrogens is 1. The van der Waals surface area contributed by atoms with Gasteiger partial charge in [0.2, 0.25) is 0 Å². The summed E-state index contributed by atoms with van der Waals surface area (Å²) < 4.78 is 0. The zero-order chi connectivity index (χ0) is 8.27. The number of aromatic amines is 1. The van der Waals surface area contributed by atoms with Crippen LogP contribution in [-0.4, -0.2) is 26.8 Å². The Morgan fingerprint density at radius 3 is 3.00 bits per heavy atom. The fraction of sp³-hybridized carbons (Fsp3) is 0.400. The van der Waals surface area contributed by atoms with Gasteiger partial charge in [0.15, 0.2) is 0 Å². The Balaban J connectivity index is 2.73. The molecule has 11 heavy (non-hydrogen) atoms. The van der Waals surface area contributed by atoms with E-state index in [0.29, 0.717) is 12.1 Å². The molecule has 0 aliphatic carbocycles. The topological polar surface area (TPSA) is 92.1 Å². The fourth-order valence-electron chi connectivity index (χ4n) is 0.688. The summed E-state index contributed by atoms with van der Waals surface area (Å²) in [7, 11) is 0. The van der Waals surface area contributed by atoms with Crippen LogP contribution in [0, 0.1) is 10.1 Å². The highest BCUT2D eigenvalue weighted by molar-refractivity contribution is 5.20. The molecule has 0 unspecified atom stereocenters. The van der Waals surface area contributed by atoms with Crippen LogP contribution in [-0.2, 0) is 6.42 Å². The highest BCUT2D eigenvalue weighted by Crippen LogP contribution is 2.07. The predicted octanol–water partition coefficient (Wildman–Crippen LogP) is -0.147. The quantitative estimate of drug-likeness (QED) is 0.471. The van der Waals surface area contributed by atoms with Gasteiger partial charge >= 0.3 is 5.82 Å². The van der Waals surface area contributed by atoms with Crippen LogP contribution in [0.15, 0.2) is 6.07 Å². The molecule has 6 heteroatoms. The van der Waals surface area contributed by atoms with Crippen LogP contribution in [0.1, 0.15) is 5.69 Å². The lowest BCUT2D eigenvalue weighted by Crippen LogP contribution is -1.89. The van der Waals surface area contributed by atoms with Crippen molar-refractivity contribution < 1.29 is 10.0 Å². The highest BCUT2D eigenvalue weighted by atomic mass is 16.6. The Kier molecular flexibility index (Phi) is 2.17. The zero-order valence-electron chi connectivity index (χ0n) is 5.65. The molecule has 1 aromatic heterocycles. The summed E-state index contributed by atoms with van der Waals surface area (Å²) in [6.45, 7) is -0.0536. The zero-order valence-corrected chi connectivity index (χ0v) is 5.65. The van der Waals surface area contributed by atoms with Crippen molar-refractivity contribution in [3.05, 3.63) is 21.9 Å². The molecule has 0 saturated heterocycles. The molecule has 0 saturated carbocycles. The summed E-state index contributed by atoms with van der Waals surface area (Å²) in [5.41, 5.74) is 0.499. The molecule has 60 valence electrons. The Morgan fingerprint density at radius 1 is 1.82 bits per heavy atom. The van der Waals surface area contributed by atoms with Crippen molar-refractivity contribution in [2.24, 2.45) is 0 Å². The molecule has 0 radical (unpaired) electrons. The van der Waals surface area contributed by atoms with Crippen molar-refractivity contribution in [3.8, 4) is 0 Å². The summed E-state index contributed by atoms with van der Waals surface area (Å²) in [4.78, 5) is 9.53. The van der Waals surface area contributed by atoms with Gasteiger partial charge in [-0.15, -0.1) is 5.10 Å². The van der Waals surface area contributed by atoms with Crippen LogP contribution in [0.3, 0.4) is 0 Å². The number of aliphatic hydroxyl groups excluding tert-OH is 1. The minimum absolute atomic E-state index is 0.0536. The molecule has 0 bridgehead atoms. The molecule has 1 heterocycles. The molecular weight excluding hydrogens is 150 g/mol. The summed E-state index contributed by atoms with van der Waals surface area (Å²) in [5.74, 6) is -0.145. The van der Waals surface area contributed by atoms with E-state index in [2.05, 4.69) is 10.2 Å². The second kappa shape index (κ2) is 3.11. The molecule has 2 N–H and O–H groups in total. The lowest BCUT2D eigenvalue weighted by Gasteiger charge is -1.84. The number of hydrogen-bond donors (Lipinski definition) is 2. The Hall–Kier alpha value is -1.43. The molecule has 1 aromatic rings. The van der Waals surface area contributed by atoms with E-state index < -0.39 is 4.92 Å². The van der Waals surface area contributed by atoms with E-state index >= 15 is 0 Å². The lowest BCUT2D eigenvalue weighted by atomic mass is 10.3. The first-order valence-corrected chi connectivity index (χ1v) is 3.03. The molecule has 1 rings (SSSR count). The number of hydrogen-bond acceptors (Lipinski definition) is 4. The van der Waals surface area contributed by atoms with Crippen molar-refractivity contribution in [2.75, 3.05) is 6.61 Å². The summed E-state index contributed by atoms with van der Waals surface area (Å²) >= 11 is 0. The van der Waals surface area contributed by atoms with Gasteiger partial charge in [-0.1, -0.05) is 5.10 Å². The van der Waals surface area contributed by atoms with Gasteiger partial charge in [0.25, 0.3) is 0 Å². The monoisotopic (exact) mass is 157 g/mol. The van der Waals surface area contributed by atoms with Crippen LogP contribution >= 0.6 is 0 Å². The Morgan fingerprint density at radius 2 is 2.55 bits per heavy atom. The van der Waals surface area contributed by atoms with E-state index in [1.54, 1.807) is 0 Å². The number of nitrogens with one attached hydrogen (secondary N) is 1. The first kappa shape index (κ1) is 7.67. The van der Waals surface area contributed by atoms with Crippen molar-refractivity contribution in [1.82, 2.24) is 10.2 Å². The first-order chi connectivity index (χ1) is 5.24. The van der Waals surface area contributed by atoms with Gasteiger partial charge in [-0.05, 0) is 4.92 Å². The summed E-state index contributed by atoms with van der Waals surface area (Å²) in [6, 6.07) is 1.30. The third kappa shape index (κ3) is 1.74. The number of aliphatic hydroxyl groups is 1. The molecule has 6 nitrogen and oxygen atoms in total. The van der Waals surface area contributed by atoms with E-state index in [-0.39, 0.29) is 12.4 Å². The first-order valence-electron chi connectivity index (χ1n) is 3.03. The molecule has 0 amide bonds. The number of nitrogens with zero attached hydrogens (tertiary/aromatic N) is 2. The molecule has 0 fully saturated rings. The number of nitro groups is 1. The van der Waals surface area contributed by atoms with Gasteiger partial charge in [0.1, 0.15) is 0 Å². The molecular formula is C5H7N3O3. The van der Waals surface area contributed by atoms with Crippen LogP contribution in [0.2, 0.25) is 0 Å². The standard InChI is InChI=1S/C5H7N3O3/c9-2-1-4-3-5(7-6-4)8(10)11/h3,9H,1-2H2,(H,6,7). The Labute approximate surface area is 62.0 Å². The predicted molar refractivity (Wildman–Crippen MR) is 36.0 cm³/mol. The van der Waals surface area contributed by atoms with E-state index in [1.807, 2.05) is 0 Å². The number of aromatic nitrogens is 2. The lowest BCUT2D eigenvalue weighted by molar-refractivity contribution is -0.389. The van der Waals surface area contributed by atoms with Gasteiger partial charge in [-0.25, -0.2) is 0 Å². The highest BCUT2D eigenvalue weighted by Gasteiger charge is 2.07. The third-order valence-electron chi connectivity index (χ3n) is 1.18. The van der Waals surface area contributed by atoms with Crippen LogP contribution in [0.5, 0.6) is 0 Å². The summed E-state index contributed by atoms with van der Waals surface area (Å²) in [6.07, 6.45) is 0.338.